The Morgan fingerprint density at radius 2 is 2.43 bits per heavy atom. The molecule has 0 aliphatic carbocycles. The summed E-state index contributed by atoms with van der Waals surface area (Å²) >= 11 is 0. The maximum atomic E-state index is 10.3. The number of nitrogens with zero attached hydrogens (tertiary/aromatic N) is 2. The van der Waals surface area contributed by atoms with Gasteiger partial charge in [0.25, 0.3) is 0 Å². The molecule has 0 saturated heterocycles. The van der Waals surface area contributed by atoms with E-state index >= 15 is 0 Å². The van der Waals surface area contributed by atoms with Gasteiger partial charge in [-0.3, -0.25) is 4.79 Å². The van der Waals surface area contributed by atoms with E-state index in [9.17, 15) is 4.79 Å². The second-order valence-corrected chi connectivity index (χ2v) is 2.66. The first-order valence-corrected chi connectivity index (χ1v) is 4.00. The van der Waals surface area contributed by atoms with Crippen LogP contribution in [0.5, 0.6) is 5.88 Å². The van der Waals surface area contributed by atoms with Crippen LogP contribution in [0.25, 0.3) is 0 Å². The minimum Gasteiger partial charge on any atom is -0.481 e. The van der Waals surface area contributed by atoms with Gasteiger partial charge in [-0.05, 0) is 6.42 Å². The van der Waals surface area contributed by atoms with Gasteiger partial charge in [0.15, 0.2) is 0 Å². The monoisotopic (exact) mass is 197 g/mol. The average Bonchev–Trinajstić information content (AvgIpc) is 2.15. The van der Waals surface area contributed by atoms with Crippen LogP contribution in [-0.2, 0) is 11.2 Å². The summed E-state index contributed by atoms with van der Waals surface area (Å²) in [6.45, 7) is 0. The highest BCUT2D eigenvalue weighted by molar-refractivity contribution is 5.67. The fourth-order valence-corrected chi connectivity index (χ4v) is 0.994. The molecule has 0 unspecified atom stereocenters. The highest BCUT2D eigenvalue weighted by Gasteiger charge is 2.07. The maximum Gasteiger partial charge on any atom is 0.303 e. The smallest absolute Gasteiger partial charge is 0.303 e. The number of methoxy groups -OCH3 is 1. The van der Waals surface area contributed by atoms with E-state index in [2.05, 4.69) is 9.97 Å². The van der Waals surface area contributed by atoms with Gasteiger partial charge in [0, 0.05) is 18.2 Å². The first-order valence-electron chi connectivity index (χ1n) is 4.00. The standard InChI is InChI=1S/C8H11N3O3/c1-14-7-5(2-3-6(12)13)4-10-8(9)11-7/h4H,2-3H2,1H3,(H,12,13)(H2,9,10,11). The Bertz CT molecular complexity index is 341. The predicted molar refractivity (Wildman–Crippen MR) is 49.0 cm³/mol. The molecule has 0 saturated carbocycles. The lowest BCUT2D eigenvalue weighted by Gasteiger charge is -2.05. The quantitative estimate of drug-likeness (QED) is 0.709. The number of nitrogens with two attached hydrogens (primary N) is 1. The van der Waals surface area contributed by atoms with Crippen molar-refractivity contribution in [3.8, 4) is 5.88 Å². The van der Waals surface area contributed by atoms with E-state index in [1.807, 2.05) is 0 Å². The van der Waals surface area contributed by atoms with Crippen LogP contribution in [0.15, 0.2) is 6.20 Å². The molecule has 0 bridgehead atoms. The molecule has 1 heterocycles. The Balaban J connectivity index is 2.80. The SMILES string of the molecule is COc1nc(N)ncc1CCC(=O)O. The molecule has 1 rings (SSSR count). The molecular weight excluding hydrogens is 186 g/mol. The second-order valence-electron chi connectivity index (χ2n) is 2.66. The topological polar surface area (TPSA) is 98.3 Å². The first kappa shape index (κ1) is 10.2. The van der Waals surface area contributed by atoms with Gasteiger partial charge in [-0.2, -0.15) is 4.98 Å². The summed E-state index contributed by atoms with van der Waals surface area (Å²) in [7, 11) is 1.45. The van der Waals surface area contributed by atoms with Crippen molar-refractivity contribution in [1.29, 1.82) is 0 Å². The van der Waals surface area contributed by atoms with Crippen LogP contribution in [0.3, 0.4) is 0 Å². The zero-order chi connectivity index (χ0) is 10.6. The summed E-state index contributed by atoms with van der Waals surface area (Å²) < 4.78 is 4.93. The van der Waals surface area contributed by atoms with Gasteiger partial charge >= 0.3 is 5.97 Å². The molecule has 1 aromatic rings. The van der Waals surface area contributed by atoms with Crippen molar-refractivity contribution in [2.75, 3.05) is 12.8 Å². The molecule has 3 N–H and O–H groups in total. The molecule has 0 radical (unpaired) electrons. The van der Waals surface area contributed by atoms with E-state index in [4.69, 9.17) is 15.6 Å². The summed E-state index contributed by atoms with van der Waals surface area (Å²) in [5, 5.41) is 8.49. The molecule has 14 heavy (non-hydrogen) atoms. The van der Waals surface area contributed by atoms with Gasteiger partial charge in [0.2, 0.25) is 11.8 Å². The number of hydrogen-bond acceptors (Lipinski definition) is 5. The van der Waals surface area contributed by atoms with Gasteiger partial charge in [-0.25, -0.2) is 4.98 Å². The van der Waals surface area contributed by atoms with Crippen LogP contribution < -0.4 is 10.5 Å². The summed E-state index contributed by atoms with van der Waals surface area (Å²) in [5.74, 6) is -0.427. The molecule has 0 spiro atoms. The van der Waals surface area contributed by atoms with Crippen molar-refractivity contribution in [3.05, 3.63) is 11.8 Å². The Labute approximate surface area is 80.7 Å². The number of aliphatic carboxylic acids is 1. The lowest BCUT2D eigenvalue weighted by molar-refractivity contribution is -0.136. The molecular formula is C8H11N3O3. The minimum atomic E-state index is -0.871. The van der Waals surface area contributed by atoms with E-state index < -0.39 is 5.97 Å². The van der Waals surface area contributed by atoms with Gasteiger partial charge in [-0.15, -0.1) is 0 Å². The number of ether oxygens (including phenoxy) is 1. The van der Waals surface area contributed by atoms with Crippen LogP contribution in [0.2, 0.25) is 0 Å². The second kappa shape index (κ2) is 4.40. The fraction of sp³-hybridized carbons (Fsp3) is 0.375. The highest BCUT2D eigenvalue weighted by atomic mass is 16.5. The van der Waals surface area contributed by atoms with Gasteiger partial charge in [0.05, 0.1) is 7.11 Å². The van der Waals surface area contributed by atoms with Crippen molar-refractivity contribution in [2.45, 2.75) is 12.8 Å². The lowest BCUT2D eigenvalue weighted by atomic mass is 10.2. The molecule has 0 aliphatic rings. The first-order chi connectivity index (χ1) is 6.63. The number of aryl methyl sites for hydroxylation is 1. The van der Waals surface area contributed by atoms with Gasteiger partial charge in [-0.1, -0.05) is 0 Å². The van der Waals surface area contributed by atoms with Crippen molar-refractivity contribution < 1.29 is 14.6 Å². The van der Waals surface area contributed by atoms with Crippen LogP contribution in [-0.4, -0.2) is 28.2 Å². The summed E-state index contributed by atoms with van der Waals surface area (Å²) in [6, 6.07) is 0. The lowest BCUT2D eigenvalue weighted by Crippen LogP contribution is -2.04. The van der Waals surface area contributed by atoms with Crippen LogP contribution in [0.1, 0.15) is 12.0 Å². The normalized spacial score (nSPS) is 9.79. The number of carboxylic acids is 1. The fourth-order valence-electron chi connectivity index (χ4n) is 0.994. The van der Waals surface area contributed by atoms with Crippen LogP contribution in [0, 0.1) is 0 Å². The maximum absolute atomic E-state index is 10.3. The molecule has 0 aromatic carbocycles. The molecule has 76 valence electrons. The third kappa shape index (κ3) is 2.58. The van der Waals surface area contributed by atoms with Crippen molar-refractivity contribution in [3.63, 3.8) is 0 Å². The van der Waals surface area contributed by atoms with Crippen LogP contribution in [0.4, 0.5) is 5.95 Å². The largest absolute Gasteiger partial charge is 0.481 e. The van der Waals surface area contributed by atoms with Gasteiger partial charge in [0.1, 0.15) is 0 Å². The number of carbonyl (C=O) groups is 1. The van der Waals surface area contributed by atoms with E-state index in [0.29, 0.717) is 17.9 Å². The highest BCUT2D eigenvalue weighted by Crippen LogP contribution is 2.16. The summed E-state index contributed by atoms with van der Waals surface area (Å²) in [5.41, 5.74) is 5.98. The Morgan fingerprint density at radius 3 is 3.00 bits per heavy atom. The van der Waals surface area contributed by atoms with Crippen molar-refractivity contribution in [1.82, 2.24) is 9.97 Å². The van der Waals surface area contributed by atoms with E-state index in [1.165, 1.54) is 13.3 Å². The van der Waals surface area contributed by atoms with Crippen LogP contribution >= 0.6 is 0 Å². The minimum absolute atomic E-state index is 0.0175. The van der Waals surface area contributed by atoms with E-state index in [-0.39, 0.29) is 12.4 Å². The molecule has 1 aromatic heterocycles. The number of anilines is 1. The average molecular weight is 197 g/mol. The number of aromatic nitrogens is 2. The predicted octanol–water partition coefficient (Wildman–Crippen LogP) is 0.0846. The number of nitrogen functional groups attached to an aromatic ring is 1. The Morgan fingerprint density at radius 1 is 1.71 bits per heavy atom. The third-order valence-electron chi connectivity index (χ3n) is 1.65. The molecule has 0 atom stereocenters. The molecule has 0 fully saturated rings. The zero-order valence-corrected chi connectivity index (χ0v) is 7.73. The summed E-state index contributed by atoms with van der Waals surface area (Å²) in [6.07, 6.45) is 1.83. The van der Waals surface area contributed by atoms with E-state index in [1.54, 1.807) is 0 Å². The molecule has 6 nitrogen and oxygen atoms in total. The molecule has 0 amide bonds. The molecule has 6 heteroatoms. The third-order valence-corrected chi connectivity index (χ3v) is 1.65. The summed E-state index contributed by atoms with van der Waals surface area (Å²) in [4.78, 5) is 17.9. The molecule has 0 aliphatic heterocycles. The Hall–Kier alpha value is -1.85. The number of rotatable bonds is 4. The van der Waals surface area contributed by atoms with Crippen molar-refractivity contribution >= 4 is 11.9 Å². The van der Waals surface area contributed by atoms with Crippen molar-refractivity contribution in [2.24, 2.45) is 0 Å². The van der Waals surface area contributed by atoms with E-state index in [0.717, 1.165) is 0 Å². The Kier molecular flexibility index (Phi) is 3.22. The zero-order valence-electron chi connectivity index (χ0n) is 7.73. The van der Waals surface area contributed by atoms with Gasteiger partial charge < -0.3 is 15.6 Å². The number of hydrogen-bond donors (Lipinski definition) is 2. The number of carboxylic acid groups (broad SMARTS) is 1.